The lowest BCUT2D eigenvalue weighted by Gasteiger charge is -2.18. The van der Waals surface area contributed by atoms with E-state index in [9.17, 15) is 22.8 Å². The maximum atomic E-state index is 13.4. The number of rotatable bonds is 3. The standard InChI is InChI=1S/C22H17ClF3NO3/c1-12-8-9-15(11-18(12)23)27-13(2)19(21(29)30-3)16(20(27)28)10-14-6-4-5-7-17(14)22(24,25)26/h4-11H,1-3H3/b16-10-. The molecule has 0 fully saturated rings. The van der Waals surface area contributed by atoms with Crippen molar-refractivity contribution in [1.82, 2.24) is 0 Å². The smallest absolute Gasteiger partial charge is 0.416 e. The number of nitrogens with zero attached hydrogens (tertiary/aromatic N) is 1. The molecule has 0 atom stereocenters. The van der Waals surface area contributed by atoms with Crippen molar-refractivity contribution < 1.29 is 27.5 Å². The van der Waals surface area contributed by atoms with Crippen LogP contribution in [-0.4, -0.2) is 19.0 Å². The predicted molar refractivity (Wildman–Crippen MR) is 108 cm³/mol. The van der Waals surface area contributed by atoms with Gasteiger partial charge in [-0.15, -0.1) is 0 Å². The van der Waals surface area contributed by atoms with E-state index in [4.69, 9.17) is 16.3 Å². The molecule has 0 spiro atoms. The van der Waals surface area contributed by atoms with E-state index < -0.39 is 23.6 Å². The molecule has 30 heavy (non-hydrogen) atoms. The van der Waals surface area contributed by atoms with Crippen LogP contribution >= 0.6 is 11.6 Å². The lowest BCUT2D eigenvalue weighted by atomic mass is 10.00. The molecule has 156 valence electrons. The fourth-order valence-corrected chi connectivity index (χ4v) is 3.42. The molecule has 4 nitrogen and oxygen atoms in total. The van der Waals surface area contributed by atoms with Gasteiger partial charge in [0.1, 0.15) is 0 Å². The average molecular weight is 436 g/mol. The van der Waals surface area contributed by atoms with Crippen molar-refractivity contribution in [2.24, 2.45) is 0 Å². The third kappa shape index (κ3) is 3.85. The van der Waals surface area contributed by atoms with Crippen LogP contribution in [0, 0.1) is 6.92 Å². The second-order valence-corrected chi connectivity index (χ2v) is 7.08. The summed E-state index contributed by atoms with van der Waals surface area (Å²) in [5.74, 6) is -1.47. The summed E-state index contributed by atoms with van der Waals surface area (Å²) in [5, 5.41) is 0.410. The van der Waals surface area contributed by atoms with Crippen LogP contribution in [0.25, 0.3) is 6.08 Å². The zero-order valence-corrected chi connectivity index (χ0v) is 17.1. The number of anilines is 1. The highest BCUT2D eigenvalue weighted by Gasteiger charge is 2.39. The van der Waals surface area contributed by atoms with Crippen LogP contribution in [0.1, 0.15) is 23.6 Å². The number of methoxy groups -OCH3 is 1. The molecule has 0 bridgehead atoms. The number of carbonyl (C=O) groups excluding carboxylic acids is 2. The van der Waals surface area contributed by atoms with Gasteiger partial charge >= 0.3 is 12.1 Å². The van der Waals surface area contributed by atoms with Gasteiger partial charge in [0.05, 0.1) is 29.5 Å². The highest BCUT2D eigenvalue weighted by Crippen LogP contribution is 2.38. The van der Waals surface area contributed by atoms with Crippen LogP contribution in [0.4, 0.5) is 18.9 Å². The van der Waals surface area contributed by atoms with Crippen LogP contribution in [0.15, 0.2) is 59.3 Å². The fraction of sp³-hybridized carbons (Fsp3) is 0.182. The Kier molecular flexibility index (Phi) is 5.76. The maximum Gasteiger partial charge on any atom is 0.416 e. The van der Waals surface area contributed by atoms with E-state index in [0.717, 1.165) is 24.8 Å². The second-order valence-electron chi connectivity index (χ2n) is 6.67. The van der Waals surface area contributed by atoms with Crippen molar-refractivity contribution in [3.8, 4) is 0 Å². The predicted octanol–water partition coefficient (Wildman–Crippen LogP) is 5.54. The van der Waals surface area contributed by atoms with Crippen LogP contribution in [-0.2, 0) is 20.5 Å². The summed E-state index contributed by atoms with van der Waals surface area (Å²) in [6, 6.07) is 9.73. The Morgan fingerprint density at radius 3 is 2.40 bits per heavy atom. The van der Waals surface area contributed by atoms with Crippen molar-refractivity contribution in [2.75, 3.05) is 12.0 Å². The highest BCUT2D eigenvalue weighted by molar-refractivity contribution is 6.32. The molecule has 0 aromatic heterocycles. The van der Waals surface area contributed by atoms with E-state index in [1.54, 1.807) is 25.1 Å². The molecule has 1 amide bonds. The first-order valence-corrected chi connectivity index (χ1v) is 9.22. The monoisotopic (exact) mass is 435 g/mol. The number of benzene rings is 2. The van der Waals surface area contributed by atoms with Crippen molar-refractivity contribution in [3.05, 3.63) is 81.0 Å². The Balaban J connectivity index is 2.20. The largest absolute Gasteiger partial charge is 0.465 e. The summed E-state index contributed by atoms with van der Waals surface area (Å²) in [6.45, 7) is 3.31. The lowest BCUT2D eigenvalue weighted by Crippen LogP contribution is -2.24. The SMILES string of the molecule is COC(=O)C1=C(C)N(c2ccc(C)c(Cl)c2)C(=O)/C1=C\c1ccccc1C(F)(F)F. The number of hydrogen-bond acceptors (Lipinski definition) is 3. The number of aryl methyl sites for hydroxylation is 1. The Morgan fingerprint density at radius 2 is 1.80 bits per heavy atom. The first-order chi connectivity index (χ1) is 14.1. The third-order valence-electron chi connectivity index (χ3n) is 4.77. The van der Waals surface area contributed by atoms with Gasteiger partial charge in [-0.25, -0.2) is 4.79 Å². The topological polar surface area (TPSA) is 46.6 Å². The Hall–Kier alpha value is -3.06. The van der Waals surface area contributed by atoms with Crippen molar-refractivity contribution in [3.63, 3.8) is 0 Å². The summed E-state index contributed by atoms with van der Waals surface area (Å²) in [5.41, 5.74) is -0.0134. The minimum Gasteiger partial charge on any atom is -0.465 e. The molecular formula is C22H17ClF3NO3. The number of ether oxygens (including phenoxy) is 1. The van der Waals surface area contributed by atoms with Crippen molar-refractivity contribution >= 4 is 35.2 Å². The first kappa shape index (κ1) is 21.6. The highest BCUT2D eigenvalue weighted by atomic mass is 35.5. The summed E-state index contributed by atoms with van der Waals surface area (Å²) < 4.78 is 45.0. The molecule has 0 N–H and O–H groups in total. The quantitative estimate of drug-likeness (QED) is 0.469. The third-order valence-corrected chi connectivity index (χ3v) is 5.18. The van der Waals surface area contributed by atoms with Gasteiger partial charge in [-0.2, -0.15) is 13.2 Å². The second kappa shape index (κ2) is 7.99. The Morgan fingerprint density at radius 1 is 1.13 bits per heavy atom. The van der Waals surface area contributed by atoms with Crippen LogP contribution in [0.5, 0.6) is 0 Å². The van der Waals surface area contributed by atoms with Gasteiger partial charge in [-0.3, -0.25) is 9.69 Å². The fourth-order valence-electron chi connectivity index (χ4n) is 3.25. The van der Waals surface area contributed by atoms with Crippen molar-refractivity contribution in [2.45, 2.75) is 20.0 Å². The normalized spacial score (nSPS) is 15.9. The van der Waals surface area contributed by atoms with Crippen LogP contribution in [0.3, 0.4) is 0 Å². The molecule has 0 saturated heterocycles. The molecule has 0 radical (unpaired) electrons. The van der Waals surface area contributed by atoms with E-state index >= 15 is 0 Å². The number of esters is 1. The summed E-state index contributed by atoms with van der Waals surface area (Å²) in [4.78, 5) is 26.8. The van der Waals surface area contributed by atoms with Gasteiger partial charge in [0, 0.05) is 10.7 Å². The van der Waals surface area contributed by atoms with Crippen LogP contribution < -0.4 is 4.90 Å². The van der Waals surface area contributed by atoms with Gasteiger partial charge < -0.3 is 4.74 Å². The minimum atomic E-state index is -4.62. The Labute approximate surface area is 176 Å². The molecule has 2 aromatic carbocycles. The molecule has 1 heterocycles. The van der Waals surface area contributed by atoms with Gasteiger partial charge in [0.15, 0.2) is 0 Å². The molecule has 0 unspecified atom stereocenters. The molecule has 3 rings (SSSR count). The summed E-state index contributed by atoms with van der Waals surface area (Å²) in [6.07, 6.45) is -3.56. The van der Waals surface area contributed by atoms with Crippen LogP contribution in [0.2, 0.25) is 5.02 Å². The molecular weight excluding hydrogens is 419 g/mol. The number of alkyl halides is 3. The molecule has 2 aromatic rings. The number of amides is 1. The summed E-state index contributed by atoms with van der Waals surface area (Å²) in [7, 11) is 1.14. The summed E-state index contributed by atoms with van der Waals surface area (Å²) >= 11 is 6.17. The molecule has 0 aliphatic carbocycles. The van der Waals surface area contributed by atoms with E-state index in [1.807, 2.05) is 0 Å². The first-order valence-electron chi connectivity index (χ1n) is 8.84. The lowest BCUT2D eigenvalue weighted by molar-refractivity contribution is -0.138. The number of allylic oxidation sites excluding steroid dienone is 1. The number of carbonyl (C=O) groups is 2. The van der Waals surface area contributed by atoms with Gasteiger partial charge in [-0.05, 0) is 49.2 Å². The van der Waals surface area contributed by atoms with Gasteiger partial charge in [0.25, 0.3) is 5.91 Å². The molecule has 1 aliphatic rings. The van der Waals surface area contributed by atoms with Gasteiger partial charge in [0.2, 0.25) is 0 Å². The van der Waals surface area contributed by atoms with E-state index in [2.05, 4.69) is 0 Å². The molecule has 8 heteroatoms. The zero-order chi connectivity index (χ0) is 22.2. The molecule has 1 aliphatic heterocycles. The van der Waals surface area contributed by atoms with E-state index in [0.29, 0.717) is 10.7 Å². The van der Waals surface area contributed by atoms with Crippen molar-refractivity contribution in [1.29, 1.82) is 0 Å². The number of hydrogen-bond donors (Lipinski definition) is 0. The minimum absolute atomic E-state index is 0.101. The number of halogens is 4. The average Bonchev–Trinajstić information content (AvgIpc) is 2.93. The Bertz CT molecular complexity index is 1100. The van der Waals surface area contributed by atoms with E-state index in [1.165, 1.54) is 30.0 Å². The zero-order valence-electron chi connectivity index (χ0n) is 16.3. The van der Waals surface area contributed by atoms with Gasteiger partial charge in [-0.1, -0.05) is 35.9 Å². The maximum absolute atomic E-state index is 13.4. The molecule has 0 saturated carbocycles. The van der Waals surface area contributed by atoms with E-state index in [-0.39, 0.29) is 22.4 Å².